The number of nitrogens with one attached hydrogen (secondary N) is 2. The van der Waals surface area contributed by atoms with Gasteiger partial charge >= 0.3 is 0 Å². The average molecular weight is 437 g/mol. The number of aliphatic imine (C=N–C) groups is 2. The number of para-hydroxylation sites is 2. The molecule has 8 heteroatoms. The number of anilines is 2. The first-order valence-electron chi connectivity index (χ1n) is 11.3. The van der Waals surface area contributed by atoms with Gasteiger partial charge in [0.25, 0.3) is 0 Å². The zero-order chi connectivity index (χ0) is 22.2. The summed E-state index contributed by atoms with van der Waals surface area (Å²) in [4.78, 5) is 13.4. The predicted octanol–water partition coefficient (Wildman–Crippen LogP) is 4.10. The Bertz CT molecular complexity index is 909. The molecule has 0 radical (unpaired) electrons. The summed E-state index contributed by atoms with van der Waals surface area (Å²) in [5.41, 5.74) is 7.99. The molecule has 2 saturated heterocycles. The minimum atomic E-state index is 0.717. The molecule has 0 spiro atoms. The normalized spacial score (nSPS) is 20.2. The van der Waals surface area contributed by atoms with E-state index in [0.29, 0.717) is 5.92 Å². The lowest BCUT2D eigenvalue weighted by Crippen LogP contribution is -2.42. The molecule has 2 aliphatic heterocycles. The predicted molar refractivity (Wildman–Crippen MR) is 129 cm³/mol. The smallest absolute Gasteiger partial charge is 0.113 e. The highest BCUT2D eigenvalue weighted by Crippen LogP contribution is 2.37. The largest absolute Gasteiger partial charge is 0.371 e. The van der Waals surface area contributed by atoms with Gasteiger partial charge in [-0.1, -0.05) is 12.1 Å². The summed E-state index contributed by atoms with van der Waals surface area (Å²) in [5.74, 6) is 1.46. The second-order valence-corrected chi connectivity index (χ2v) is 8.45. The highest BCUT2D eigenvalue weighted by molar-refractivity contribution is 5.72. The molecule has 2 aromatic carbocycles. The minimum Gasteiger partial charge on any atom is -0.371 e. The Labute approximate surface area is 189 Å². The molecule has 2 fully saturated rings. The monoisotopic (exact) mass is 436 g/mol. The Kier molecular flexibility index (Phi) is 7.58. The van der Waals surface area contributed by atoms with Crippen molar-refractivity contribution < 1.29 is 10.4 Å². The topological polar surface area (TPSA) is 95.7 Å². The van der Waals surface area contributed by atoms with E-state index in [4.69, 9.17) is 10.4 Å². The van der Waals surface area contributed by atoms with Crippen LogP contribution in [0.5, 0.6) is 0 Å². The molecular formula is C24H32N6O2. The fourth-order valence-corrected chi connectivity index (χ4v) is 5.03. The lowest BCUT2D eigenvalue weighted by atomic mass is 9.79. The molecule has 0 amide bonds. The maximum absolute atomic E-state index is 8.82. The van der Waals surface area contributed by atoms with Gasteiger partial charge in [-0.05, 0) is 73.9 Å². The van der Waals surface area contributed by atoms with Crippen LogP contribution < -0.4 is 20.8 Å². The van der Waals surface area contributed by atoms with Gasteiger partial charge in [0.2, 0.25) is 0 Å². The van der Waals surface area contributed by atoms with Crippen LogP contribution in [0.15, 0.2) is 58.5 Å². The van der Waals surface area contributed by atoms with Gasteiger partial charge < -0.3 is 9.80 Å². The van der Waals surface area contributed by atoms with Crippen LogP contribution in [0.25, 0.3) is 0 Å². The molecule has 32 heavy (non-hydrogen) atoms. The lowest BCUT2D eigenvalue weighted by Gasteiger charge is -2.42. The second-order valence-electron chi connectivity index (χ2n) is 8.45. The van der Waals surface area contributed by atoms with Crippen LogP contribution in [0.1, 0.15) is 25.7 Å². The van der Waals surface area contributed by atoms with Crippen LogP contribution in [-0.4, -0.2) is 49.3 Å². The summed E-state index contributed by atoms with van der Waals surface area (Å²) in [6, 6.07) is 16.3. The van der Waals surface area contributed by atoms with E-state index in [1.165, 1.54) is 44.0 Å². The Balaban J connectivity index is 1.35. The van der Waals surface area contributed by atoms with Crippen LogP contribution >= 0.6 is 0 Å². The van der Waals surface area contributed by atoms with Crippen LogP contribution in [0.3, 0.4) is 0 Å². The van der Waals surface area contributed by atoms with E-state index in [1.54, 1.807) is 0 Å². The molecule has 0 aromatic heterocycles. The van der Waals surface area contributed by atoms with Crippen molar-refractivity contribution in [2.75, 3.05) is 36.0 Å². The summed E-state index contributed by atoms with van der Waals surface area (Å²) in [5, 5.41) is 17.5. The molecule has 4 rings (SSSR count). The Hall–Kier alpha value is -3.10. The number of rotatable bonds is 7. The third-order valence-corrected chi connectivity index (χ3v) is 6.63. The molecule has 170 valence electrons. The second kappa shape index (κ2) is 11.0. The van der Waals surface area contributed by atoms with E-state index in [-0.39, 0.29) is 0 Å². The first-order chi connectivity index (χ1) is 15.8. The molecule has 0 bridgehead atoms. The van der Waals surface area contributed by atoms with Crippen molar-refractivity contribution in [2.24, 2.45) is 21.8 Å². The molecule has 2 heterocycles. The van der Waals surface area contributed by atoms with Gasteiger partial charge in [-0.15, -0.1) is 0 Å². The Morgan fingerprint density at radius 3 is 2.25 bits per heavy atom. The van der Waals surface area contributed by atoms with Crippen molar-refractivity contribution in [3.8, 4) is 0 Å². The number of hydrogen-bond acceptors (Lipinski definition) is 6. The molecule has 1 atom stereocenters. The van der Waals surface area contributed by atoms with Crippen LogP contribution in [0.4, 0.5) is 22.7 Å². The van der Waals surface area contributed by atoms with Crippen molar-refractivity contribution >= 4 is 35.4 Å². The number of nitrogens with zero attached hydrogens (tertiary/aromatic N) is 4. The Morgan fingerprint density at radius 2 is 1.50 bits per heavy atom. The number of benzene rings is 2. The maximum Gasteiger partial charge on any atom is 0.113 e. The lowest BCUT2D eigenvalue weighted by molar-refractivity contribution is 0.239. The minimum absolute atomic E-state index is 0.717. The van der Waals surface area contributed by atoms with Gasteiger partial charge in [-0.3, -0.25) is 21.4 Å². The van der Waals surface area contributed by atoms with E-state index >= 15 is 0 Å². The first-order valence-corrected chi connectivity index (χ1v) is 11.3. The van der Waals surface area contributed by atoms with E-state index in [0.717, 1.165) is 49.2 Å². The standard InChI is InChI=1S/C24H32N6O2/c31-27-17-25-21-7-9-22(10-8-21)30-13-3-4-20(16-30)19-11-14-29(15-12-19)24-6-2-1-5-23(24)26-18-28-32/h1-2,5-10,17-20,31-32H,3-4,11-16H2,(H,25,27)(H,26,28). The Morgan fingerprint density at radius 1 is 0.781 bits per heavy atom. The number of hydrogen-bond donors (Lipinski definition) is 4. The van der Waals surface area contributed by atoms with Gasteiger partial charge in [-0.2, -0.15) is 0 Å². The third-order valence-electron chi connectivity index (χ3n) is 6.63. The van der Waals surface area contributed by atoms with Gasteiger partial charge in [0, 0.05) is 31.9 Å². The van der Waals surface area contributed by atoms with Gasteiger partial charge in [0.05, 0.1) is 17.1 Å². The van der Waals surface area contributed by atoms with Crippen LogP contribution in [0, 0.1) is 11.8 Å². The zero-order valence-electron chi connectivity index (χ0n) is 18.3. The highest BCUT2D eigenvalue weighted by atomic mass is 16.5. The van der Waals surface area contributed by atoms with Gasteiger partial charge in [0.15, 0.2) is 0 Å². The molecule has 1 unspecified atom stereocenters. The molecule has 4 N–H and O–H groups in total. The first kappa shape index (κ1) is 22.1. The van der Waals surface area contributed by atoms with Crippen molar-refractivity contribution in [1.29, 1.82) is 0 Å². The zero-order valence-corrected chi connectivity index (χ0v) is 18.3. The van der Waals surface area contributed by atoms with Crippen LogP contribution in [0.2, 0.25) is 0 Å². The number of hydroxylamine groups is 2. The summed E-state index contributed by atoms with van der Waals surface area (Å²) < 4.78 is 0. The fourth-order valence-electron chi connectivity index (χ4n) is 5.03. The molecule has 2 aliphatic rings. The maximum atomic E-state index is 8.82. The average Bonchev–Trinajstić information content (AvgIpc) is 2.87. The fraction of sp³-hybridized carbons (Fsp3) is 0.417. The van der Waals surface area contributed by atoms with Gasteiger partial charge in [-0.25, -0.2) is 9.98 Å². The van der Waals surface area contributed by atoms with E-state index < -0.39 is 0 Å². The van der Waals surface area contributed by atoms with Crippen molar-refractivity contribution in [2.45, 2.75) is 25.7 Å². The number of piperidine rings is 2. The molecular weight excluding hydrogens is 404 g/mol. The summed E-state index contributed by atoms with van der Waals surface area (Å²) in [7, 11) is 0. The van der Waals surface area contributed by atoms with Gasteiger partial charge in [0.1, 0.15) is 12.7 Å². The van der Waals surface area contributed by atoms with E-state index in [9.17, 15) is 0 Å². The summed E-state index contributed by atoms with van der Waals surface area (Å²) >= 11 is 0. The SMILES string of the molecule is ONC=Nc1ccc(N2CCCC(C3CCN(c4ccccc4N=CNO)CC3)C2)cc1. The van der Waals surface area contributed by atoms with Crippen molar-refractivity contribution in [3.05, 3.63) is 48.5 Å². The van der Waals surface area contributed by atoms with E-state index in [1.807, 2.05) is 41.3 Å². The summed E-state index contributed by atoms with van der Waals surface area (Å²) in [6.45, 7) is 4.27. The molecule has 0 aliphatic carbocycles. The third kappa shape index (κ3) is 5.38. The van der Waals surface area contributed by atoms with Crippen molar-refractivity contribution in [3.63, 3.8) is 0 Å². The highest BCUT2D eigenvalue weighted by Gasteiger charge is 2.30. The summed E-state index contributed by atoms with van der Waals surface area (Å²) in [6.07, 6.45) is 7.49. The molecule has 2 aromatic rings. The molecule has 8 nitrogen and oxygen atoms in total. The van der Waals surface area contributed by atoms with Crippen LogP contribution in [-0.2, 0) is 0 Å². The molecule has 0 saturated carbocycles. The quantitative estimate of drug-likeness (QED) is 0.297. The van der Waals surface area contributed by atoms with E-state index in [2.05, 4.69) is 38.0 Å². The van der Waals surface area contributed by atoms with Crippen molar-refractivity contribution in [1.82, 2.24) is 11.0 Å².